The van der Waals surface area contributed by atoms with Crippen molar-refractivity contribution in [1.29, 1.82) is 0 Å². The van der Waals surface area contributed by atoms with Crippen molar-refractivity contribution in [2.75, 3.05) is 31.1 Å². The van der Waals surface area contributed by atoms with Crippen LogP contribution >= 0.6 is 23.2 Å². The average Bonchev–Trinajstić information content (AvgIpc) is 3.08. The highest BCUT2D eigenvalue weighted by atomic mass is 35.5. The zero-order chi connectivity index (χ0) is 20.7. The highest BCUT2D eigenvalue weighted by Crippen LogP contribution is 2.40. The van der Waals surface area contributed by atoms with E-state index in [1.807, 2.05) is 18.2 Å². The molecular weight excluding hydrogens is 407 g/mol. The third kappa shape index (κ3) is 4.11. The van der Waals surface area contributed by atoms with Crippen molar-refractivity contribution in [3.8, 4) is 0 Å². The van der Waals surface area contributed by atoms with E-state index in [1.54, 1.807) is 0 Å². The second-order valence-corrected chi connectivity index (χ2v) is 9.18. The van der Waals surface area contributed by atoms with Crippen LogP contribution in [-0.2, 0) is 11.3 Å². The minimum absolute atomic E-state index is 0.229. The van der Waals surface area contributed by atoms with Gasteiger partial charge in [0.25, 0.3) is 0 Å². The minimum atomic E-state index is -0.676. The lowest BCUT2D eigenvalue weighted by molar-refractivity contribution is -0.141. The van der Waals surface area contributed by atoms with E-state index >= 15 is 0 Å². The van der Waals surface area contributed by atoms with Crippen molar-refractivity contribution in [3.05, 3.63) is 62.6 Å². The molecule has 4 nitrogen and oxygen atoms in total. The fraction of sp³-hybridized carbons (Fsp3) is 0.435. The summed E-state index contributed by atoms with van der Waals surface area (Å²) in [5.41, 5.74) is 6.18. The van der Waals surface area contributed by atoms with Crippen molar-refractivity contribution in [2.24, 2.45) is 5.92 Å². The van der Waals surface area contributed by atoms with Gasteiger partial charge in [0.05, 0.1) is 21.7 Å². The zero-order valence-corrected chi connectivity index (χ0v) is 18.3. The Bertz CT molecular complexity index is 897. The number of aryl methyl sites for hydroxylation is 2. The van der Waals surface area contributed by atoms with Gasteiger partial charge in [-0.3, -0.25) is 9.69 Å². The van der Waals surface area contributed by atoms with Gasteiger partial charge in [-0.05, 0) is 61.2 Å². The van der Waals surface area contributed by atoms with E-state index < -0.39 is 5.97 Å². The molecule has 2 heterocycles. The van der Waals surface area contributed by atoms with Gasteiger partial charge in [-0.2, -0.15) is 0 Å². The average molecular weight is 433 g/mol. The molecule has 0 aliphatic carbocycles. The first-order chi connectivity index (χ1) is 13.8. The number of halogens is 2. The summed E-state index contributed by atoms with van der Waals surface area (Å²) in [6.45, 7) is 8.48. The summed E-state index contributed by atoms with van der Waals surface area (Å²) < 4.78 is 0. The van der Waals surface area contributed by atoms with Crippen molar-refractivity contribution in [1.82, 2.24) is 4.90 Å². The van der Waals surface area contributed by atoms with Crippen LogP contribution in [0.5, 0.6) is 0 Å². The molecule has 6 heteroatoms. The van der Waals surface area contributed by atoms with E-state index in [9.17, 15) is 9.90 Å². The summed E-state index contributed by atoms with van der Waals surface area (Å²) in [4.78, 5) is 15.7. The minimum Gasteiger partial charge on any atom is -0.481 e. The lowest BCUT2D eigenvalue weighted by Gasteiger charge is -2.42. The lowest BCUT2D eigenvalue weighted by Crippen LogP contribution is -2.45. The van der Waals surface area contributed by atoms with Gasteiger partial charge in [-0.1, -0.05) is 41.4 Å². The van der Waals surface area contributed by atoms with Crippen LogP contribution in [0.25, 0.3) is 0 Å². The number of nitrogens with zero attached hydrogens (tertiary/aromatic N) is 2. The van der Waals surface area contributed by atoms with E-state index in [0.29, 0.717) is 22.5 Å². The number of carboxylic acids is 1. The van der Waals surface area contributed by atoms with Gasteiger partial charge in [0, 0.05) is 32.1 Å². The molecule has 1 atom stereocenters. The number of carbonyl (C=O) groups is 1. The first kappa shape index (κ1) is 20.5. The molecule has 2 aromatic carbocycles. The first-order valence-electron chi connectivity index (χ1n) is 10.1. The summed E-state index contributed by atoms with van der Waals surface area (Å²) in [7, 11) is 0. The fourth-order valence-corrected chi connectivity index (χ4v) is 5.21. The Hall–Kier alpha value is -1.75. The monoisotopic (exact) mass is 432 g/mol. The molecule has 2 aliphatic heterocycles. The van der Waals surface area contributed by atoms with Crippen LogP contribution in [0.15, 0.2) is 30.3 Å². The number of likely N-dealkylation sites (tertiary alicyclic amines) is 1. The van der Waals surface area contributed by atoms with E-state index in [4.69, 9.17) is 23.2 Å². The molecular formula is C23H26Cl2N2O2. The van der Waals surface area contributed by atoms with Gasteiger partial charge in [0.15, 0.2) is 0 Å². The molecule has 1 N–H and O–H groups in total. The van der Waals surface area contributed by atoms with Gasteiger partial charge < -0.3 is 10.0 Å². The standard InChI is InChI=1S/C23H26Cl2N2O2/c1-14-8-17(18-11-27(12-18)22-20(24)4-3-5-21(22)25)9-15(2)19(14)13-26-7-6-16(10-26)23(28)29/h3-5,8-9,16,18H,6-7,10-13H2,1-2H3,(H,28,29). The number of aliphatic carboxylic acids is 1. The van der Waals surface area contributed by atoms with Gasteiger partial charge >= 0.3 is 5.97 Å². The van der Waals surface area contributed by atoms with Crippen LogP contribution in [0, 0.1) is 19.8 Å². The predicted octanol–water partition coefficient (Wildman–Crippen LogP) is 5.12. The molecule has 29 heavy (non-hydrogen) atoms. The number of para-hydroxylation sites is 1. The Balaban J connectivity index is 1.44. The molecule has 0 spiro atoms. The number of carboxylic acid groups (broad SMARTS) is 1. The SMILES string of the molecule is Cc1cc(C2CN(c3c(Cl)cccc3Cl)C2)cc(C)c1CN1CCC(C(=O)O)C1. The molecule has 2 fully saturated rings. The Morgan fingerprint density at radius 2 is 1.72 bits per heavy atom. The summed E-state index contributed by atoms with van der Waals surface area (Å²) in [5, 5.41) is 10.6. The molecule has 0 radical (unpaired) electrons. The Kier molecular flexibility index (Phi) is 5.78. The largest absolute Gasteiger partial charge is 0.481 e. The molecule has 0 aromatic heterocycles. The number of rotatable bonds is 5. The quantitative estimate of drug-likeness (QED) is 0.711. The maximum Gasteiger partial charge on any atom is 0.307 e. The third-order valence-corrected chi connectivity index (χ3v) is 6.94. The third-order valence-electron chi connectivity index (χ3n) is 6.33. The van der Waals surface area contributed by atoms with Crippen molar-refractivity contribution in [3.63, 3.8) is 0 Å². The van der Waals surface area contributed by atoms with E-state index in [-0.39, 0.29) is 5.92 Å². The molecule has 0 amide bonds. The fourth-order valence-electron chi connectivity index (χ4n) is 4.58. The van der Waals surface area contributed by atoms with Crippen molar-refractivity contribution in [2.45, 2.75) is 32.7 Å². The van der Waals surface area contributed by atoms with Gasteiger partial charge in [-0.25, -0.2) is 0 Å². The van der Waals surface area contributed by atoms with E-state index in [0.717, 1.165) is 38.3 Å². The van der Waals surface area contributed by atoms with Crippen LogP contribution in [0.1, 0.15) is 34.6 Å². The maximum absolute atomic E-state index is 11.2. The molecule has 2 aliphatic rings. The number of hydrogen-bond acceptors (Lipinski definition) is 3. The second-order valence-electron chi connectivity index (χ2n) is 8.36. The predicted molar refractivity (Wildman–Crippen MR) is 118 cm³/mol. The topological polar surface area (TPSA) is 43.8 Å². The molecule has 154 valence electrons. The lowest BCUT2D eigenvalue weighted by atomic mass is 9.87. The number of hydrogen-bond donors (Lipinski definition) is 1. The maximum atomic E-state index is 11.2. The summed E-state index contributed by atoms with van der Waals surface area (Å²) in [6.07, 6.45) is 0.744. The number of benzene rings is 2. The molecule has 1 unspecified atom stereocenters. The highest BCUT2D eigenvalue weighted by molar-refractivity contribution is 6.39. The van der Waals surface area contributed by atoms with Crippen LogP contribution in [0.2, 0.25) is 10.0 Å². The van der Waals surface area contributed by atoms with Crippen LogP contribution in [0.3, 0.4) is 0 Å². The second kappa shape index (κ2) is 8.17. The normalized spacial score (nSPS) is 20.1. The molecule has 0 saturated carbocycles. The summed E-state index contributed by atoms with van der Waals surface area (Å²) >= 11 is 12.7. The number of anilines is 1. The van der Waals surface area contributed by atoms with Crippen LogP contribution < -0.4 is 4.90 Å². The van der Waals surface area contributed by atoms with E-state index in [1.165, 1.54) is 22.3 Å². The Morgan fingerprint density at radius 3 is 2.28 bits per heavy atom. The molecule has 0 bridgehead atoms. The van der Waals surface area contributed by atoms with Gasteiger partial charge in [0.2, 0.25) is 0 Å². The first-order valence-corrected chi connectivity index (χ1v) is 10.8. The van der Waals surface area contributed by atoms with Gasteiger partial charge in [0.1, 0.15) is 0 Å². The Labute approximate surface area is 182 Å². The smallest absolute Gasteiger partial charge is 0.307 e. The Morgan fingerprint density at radius 1 is 1.10 bits per heavy atom. The van der Waals surface area contributed by atoms with Crippen LogP contribution in [-0.4, -0.2) is 42.2 Å². The molecule has 2 aromatic rings. The van der Waals surface area contributed by atoms with Crippen molar-refractivity contribution >= 4 is 34.9 Å². The summed E-state index contributed by atoms with van der Waals surface area (Å²) in [6, 6.07) is 10.2. The molecule has 4 rings (SSSR count). The van der Waals surface area contributed by atoms with Crippen LogP contribution in [0.4, 0.5) is 5.69 Å². The van der Waals surface area contributed by atoms with Crippen molar-refractivity contribution < 1.29 is 9.90 Å². The van der Waals surface area contributed by atoms with Gasteiger partial charge in [-0.15, -0.1) is 0 Å². The summed E-state index contributed by atoms with van der Waals surface area (Å²) in [5.74, 6) is -0.436. The van der Waals surface area contributed by atoms with E-state index in [2.05, 4.69) is 35.8 Å². The highest BCUT2D eigenvalue weighted by Gasteiger charge is 2.32. The molecule has 2 saturated heterocycles. The zero-order valence-electron chi connectivity index (χ0n) is 16.8.